The van der Waals surface area contributed by atoms with Crippen LogP contribution in [-0.2, 0) is 40.8 Å². The number of nitrogens with one attached hydrogen (secondary N) is 2. The average Bonchev–Trinajstić information content (AvgIpc) is 3.49. The fraction of sp³-hybridized carbons (Fsp3) is 0.500. The molecule has 10 nitrogen and oxygen atoms in total. The van der Waals surface area contributed by atoms with Crippen LogP contribution in [0.15, 0.2) is 35.5 Å². The summed E-state index contributed by atoms with van der Waals surface area (Å²) < 4.78 is 12.6. The molecule has 0 fully saturated rings. The minimum absolute atomic E-state index is 0.114. The highest BCUT2D eigenvalue weighted by Gasteiger charge is 2.35. The monoisotopic (exact) mass is 613 g/mol. The van der Waals surface area contributed by atoms with Crippen molar-refractivity contribution in [1.82, 2.24) is 20.1 Å². The van der Waals surface area contributed by atoms with Gasteiger partial charge in [0.2, 0.25) is 5.91 Å². The van der Waals surface area contributed by atoms with Gasteiger partial charge in [-0.15, -0.1) is 21.5 Å². The normalized spacial score (nSPS) is 15.4. The Balaban J connectivity index is 1.38. The number of fused-ring (bicyclic) bond motifs is 1. The second-order valence-corrected chi connectivity index (χ2v) is 13.7. The van der Waals surface area contributed by atoms with Gasteiger partial charge in [0.15, 0.2) is 17.6 Å². The second kappa shape index (κ2) is 13.7. The van der Waals surface area contributed by atoms with Crippen LogP contribution in [0.1, 0.15) is 67.7 Å². The van der Waals surface area contributed by atoms with Gasteiger partial charge < -0.3 is 24.7 Å². The molecule has 0 aliphatic heterocycles. The summed E-state index contributed by atoms with van der Waals surface area (Å²) >= 11 is 2.73. The third-order valence-electron chi connectivity index (χ3n) is 7.34. The van der Waals surface area contributed by atoms with Gasteiger partial charge in [-0.05, 0) is 62.1 Å². The van der Waals surface area contributed by atoms with E-state index in [4.69, 9.17) is 9.47 Å². The molecular weight excluding hydrogens is 574 g/mol. The molecule has 0 saturated heterocycles. The predicted octanol–water partition coefficient (Wildman–Crippen LogP) is 5.02. The summed E-state index contributed by atoms with van der Waals surface area (Å²) in [6.45, 7) is 10.6. The fourth-order valence-electron chi connectivity index (χ4n) is 4.75. The van der Waals surface area contributed by atoms with Crippen LogP contribution < -0.4 is 15.4 Å². The predicted molar refractivity (Wildman–Crippen MR) is 164 cm³/mol. The third kappa shape index (κ3) is 7.71. The van der Waals surface area contributed by atoms with Crippen LogP contribution in [0, 0.1) is 11.3 Å². The maximum atomic E-state index is 13.3. The van der Waals surface area contributed by atoms with E-state index in [1.54, 1.807) is 37.6 Å². The first-order chi connectivity index (χ1) is 20.0. The largest absolute Gasteiger partial charge is 0.484 e. The van der Waals surface area contributed by atoms with Crippen molar-refractivity contribution >= 4 is 45.9 Å². The number of ether oxygens (including phenoxy) is 2. The lowest BCUT2D eigenvalue weighted by molar-refractivity contribution is -0.123. The highest BCUT2D eigenvalue weighted by molar-refractivity contribution is 8.00. The summed E-state index contributed by atoms with van der Waals surface area (Å²) in [4.78, 5) is 39.6. The van der Waals surface area contributed by atoms with E-state index < -0.39 is 11.2 Å². The molecule has 0 radical (unpaired) electrons. The molecule has 0 saturated carbocycles. The van der Waals surface area contributed by atoms with E-state index >= 15 is 0 Å². The standard InChI is InChI=1S/C30H39N5O5S2/c1-7-39-28(38)25-21-14-13-19(30(3,4)5)15-22(21)42-27(25)32-26(37)18(2)41-29-34-33-23(35(29)6)16-31-24(36)17-40-20-11-9-8-10-12-20/h8-12,18-19H,7,13-17H2,1-6H3,(H,31,36)(H,32,37). The first-order valence-electron chi connectivity index (χ1n) is 14.1. The Labute approximate surface area is 255 Å². The molecule has 0 spiro atoms. The number of esters is 1. The topological polar surface area (TPSA) is 124 Å². The van der Waals surface area contributed by atoms with Gasteiger partial charge in [-0.2, -0.15) is 0 Å². The molecule has 1 aliphatic carbocycles. The molecule has 2 N–H and O–H groups in total. The molecule has 12 heteroatoms. The number of para-hydroxylation sites is 1. The maximum Gasteiger partial charge on any atom is 0.341 e. The first kappa shape index (κ1) is 31.6. The number of thioether (sulfide) groups is 1. The number of carbonyl (C=O) groups excluding carboxylic acids is 3. The number of thiophene rings is 1. The van der Waals surface area contributed by atoms with Gasteiger partial charge >= 0.3 is 5.97 Å². The molecule has 2 unspecified atom stereocenters. The van der Waals surface area contributed by atoms with Crippen LogP contribution >= 0.6 is 23.1 Å². The molecule has 1 aromatic carbocycles. The Morgan fingerprint density at radius 1 is 1.19 bits per heavy atom. The van der Waals surface area contributed by atoms with Crippen LogP contribution in [0.2, 0.25) is 0 Å². The quantitative estimate of drug-likeness (QED) is 0.228. The summed E-state index contributed by atoms with van der Waals surface area (Å²) in [5.74, 6) is 0.739. The average molecular weight is 614 g/mol. The van der Waals surface area contributed by atoms with Gasteiger partial charge in [-0.25, -0.2) is 4.79 Å². The number of benzene rings is 1. The van der Waals surface area contributed by atoms with E-state index in [1.807, 2.05) is 18.2 Å². The van der Waals surface area contributed by atoms with E-state index in [0.29, 0.717) is 33.2 Å². The molecule has 2 atom stereocenters. The lowest BCUT2D eigenvalue weighted by Gasteiger charge is -2.33. The Morgan fingerprint density at radius 2 is 1.93 bits per heavy atom. The second-order valence-electron chi connectivity index (χ2n) is 11.3. The van der Waals surface area contributed by atoms with E-state index in [1.165, 1.54) is 23.1 Å². The van der Waals surface area contributed by atoms with Gasteiger partial charge in [-0.1, -0.05) is 50.7 Å². The number of rotatable bonds is 11. The van der Waals surface area contributed by atoms with Crippen LogP contribution in [0.5, 0.6) is 5.75 Å². The Bertz CT molecular complexity index is 1410. The number of amides is 2. The fourth-order valence-corrected chi connectivity index (χ4v) is 6.91. The minimum atomic E-state index is -0.522. The van der Waals surface area contributed by atoms with Crippen molar-refractivity contribution in [3.8, 4) is 5.75 Å². The van der Waals surface area contributed by atoms with Crippen molar-refractivity contribution in [1.29, 1.82) is 0 Å². The zero-order valence-corrected chi connectivity index (χ0v) is 26.6. The number of anilines is 1. The van der Waals surface area contributed by atoms with E-state index in [-0.39, 0.29) is 37.0 Å². The summed E-state index contributed by atoms with van der Waals surface area (Å²) in [5, 5.41) is 14.7. The van der Waals surface area contributed by atoms with Gasteiger partial charge in [0.25, 0.3) is 5.91 Å². The van der Waals surface area contributed by atoms with E-state index in [2.05, 4.69) is 41.6 Å². The molecule has 226 valence electrons. The number of nitrogens with zero attached hydrogens (tertiary/aromatic N) is 3. The summed E-state index contributed by atoms with van der Waals surface area (Å²) in [6, 6.07) is 9.11. The maximum absolute atomic E-state index is 13.3. The molecule has 3 aromatic rings. The van der Waals surface area contributed by atoms with Crippen molar-refractivity contribution in [3.63, 3.8) is 0 Å². The van der Waals surface area contributed by atoms with Gasteiger partial charge in [0.1, 0.15) is 10.8 Å². The molecular formula is C30H39N5O5S2. The van der Waals surface area contributed by atoms with Gasteiger partial charge in [0.05, 0.1) is 24.0 Å². The number of aromatic nitrogens is 3. The van der Waals surface area contributed by atoms with Crippen LogP contribution in [0.25, 0.3) is 0 Å². The van der Waals surface area contributed by atoms with Gasteiger partial charge in [-0.3, -0.25) is 9.59 Å². The summed E-state index contributed by atoms with van der Waals surface area (Å²) in [7, 11) is 1.78. The zero-order chi connectivity index (χ0) is 30.4. The molecule has 2 heterocycles. The van der Waals surface area contributed by atoms with E-state index in [9.17, 15) is 14.4 Å². The van der Waals surface area contributed by atoms with Crippen molar-refractivity contribution < 1.29 is 23.9 Å². The minimum Gasteiger partial charge on any atom is -0.484 e. The van der Waals surface area contributed by atoms with Crippen LogP contribution in [0.4, 0.5) is 5.00 Å². The van der Waals surface area contributed by atoms with Crippen molar-refractivity contribution in [3.05, 3.63) is 52.2 Å². The highest BCUT2D eigenvalue weighted by Crippen LogP contribution is 2.44. The lowest BCUT2D eigenvalue weighted by Crippen LogP contribution is -2.29. The Hall–Kier alpha value is -3.38. The number of hydrogen-bond acceptors (Lipinski definition) is 9. The lowest BCUT2D eigenvalue weighted by atomic mass is 9.72. The Kier molecular flexibility index (Phi) is 10.3. The van der Waals surface area contributed by atoms with Crippen molar-refractivity contribution in [2.45, 2.75) is 70.8 Å². The number of carbonyl (C=O) groups is 3. The Morgan fingerprint density at radius 3 is 2.62 bits per heavy atom. The van der Waals surface area contributed by atoms with E-state index in [0.717, 1.165) is 29.7 Å². The molecule has 1 aliphatic rings. The first-order valence-corrected chi connectivity index (χ1v) is 15.8. The summed E-state index contributed by atoms with van der Waals surface area (Å²) in [6.07, 6.45) is 2.67. The molecule has 42 heavy (non-hydrogen) atoms. The molecule has 2 aromatic heterocycles. The van der Waals surface area contributed by atoms with Crippen LogP contribution in [0.3, 0.4) is 0 Å². The van der Waals surface area contributed by atoms with Crippen molar-refractivity contribution in [2.24, 2.45) is 18.4 Å². The molecule has 4 rings (SSSR count). The van der Waals surface area contributed by atoms with Crippen LogP contribution in [-0.4, -0.2) is 51.0 Å². The molecule has 2 amide bonds. The van der Waals surface area contributed by atoms with Crippen molar-refractivity contribution in [2.75, 3.05) is 18.5 Å². The SMILES string of the molecule is CCOC(=O)c1c(NC(=O)C(C)Sc2nnc(CNC(=O)COc3ccccc3)n2C)sc2c1CCC(C(C)(C)C)C2. The summed E-state index contributed by atoms with van der Waals surface area (Å²) in [5.41, 5.74) is 1.65. The highest BCUT2D eigenvalue weighted by atomic mass is 32.2. The third-order valence-corrected chi connectivity index (χ3v) is 9.64. The smallest absolute Gasteiger partial charge is 0.341 e. The molecule has 0 bridgehead atoms. The number of hydrogen-bond donors (Lipinski definition) is 2. The zero-order valence-electron chi connectivity index (χ0n) is 25.0. The van der Waals surface area contributed by atoms with Gasteiger partial charge in [0, 0.05) is 11.9 Å².